The molecular weight excluding hydrogens is 314 g/mol. The van der Waals surface area contributed by atoms with Crippen LogP contribution in [0.15, 0.2) is 22.7 Å². The van der Waals surface area contributed by atoms with E-state index in [-0.39, 0.29) is 5.91 Å². The third-order valence-corrected chi connectivity index (χ3v) is 4.54. The number of benzene rings is 1. The molecule has 1 heterocycles. The van der Waals surface area contributed by atoms with Gasteiger partial charge in [0.2, 0.25) is 0 Å². The molecule has 0 aromatic heterocycles. The van der Waals surface area contributed by atoms with Crippen molar-refractivity contribution in [1.29, 1.82) is 0 Å². The smallest absolute Gasteiger partial charge is 0.253 e. The fourth-order valence-corrected chi connectivity index (χ4v) is 2.69. The van der Waals surface area contributed by atoms with Crippen LogP contribution in [-0.4, -0.2) is 23.9 Å². The lowest BCUT2D eigenvalue weighted by Crippen LogP contribution is -2.33. The second kappa shape index (κ2) is 6.58. The third kappa shape index (κ3) is 3.48. The van der Waals surface area contributed by atoms with Crippen molar-refractivity contribution in [1.82, 2.24) is 4.90 Å². The van der Waals surface area contributed by atoms with Gasteiger partial charge in [-0.3, -0.25) is 4.79 Å². The van der Waals surface area contributed by atoms with E-state index in [1.807, 2.05) is 17.0 Å². The molecule has 0 atom stereocenters. The van der Waals surface area contributed by atoms with Gasteiger partial charge in [-0.15, -0.1) is 0 Å². The predicted molar refractivity (Wildman–Crippen MR) is 78.1 cm³/mol. The first-order valence-electron chi connectivity index (χ1n) is 6.43. The number of amides is 1. The van der Waals surface area contributed by atoms with Crippen LogP contribution in [0.25, 0.3) is 0 Å². The number of rotatable bonds is 1. The highest BCUT2D eigenvalue weighted by atomic mass is 79.9. The molecule has 1 aromatic rings. The van der Waals surface area contributed by atoms with Crippen molar-refractivity contribution in [3.05, 3.63) is 33.3 Å². The van der Waals surface area contributed by atoms with Crippen molar-refractivity contribution >= 4 is 33.4 Å². The maximum atomic E-state index is 12.4. The molecular formula is C14H17BrClNO. The van der Waals surface area contributed by atoms with Gasteiger partial charge in [-0.1, -0.05) is 30.9 Å². The van der Waals surface area contributed by atoms with Gasteiger partial charge in [0.1, 0.15) is 0 Å². The van der Waals surface area contributed by atoms with Gasteiger partial charge >= 0.3 is 0 Å². The summed E-state index contributed by atoms with van der Waals surface area (Å²) in [5.41, 5.74) is 0.684. The topological polar surface area (TPSA) is 20.3 Å². The van der Waals surface area contributed by atoms with E-state index in [9.17, 15) is 4.79 Å². The molecule has 2 rings (SSSR count). The summed E-state index contributed by atoms with van der Waals surface area (Å²) in [6.45, 7) is 1.74. The second-order valence-electron chi connectivity index (χ2n) is 4.69. The summed E-state index contributed by atoms with van der Waals surface area (Å²) in [6.07, 6.45) is 5.97. The van der Waals surface area contributed by atoms with Gasteiger partial charge in [0.05, 0.1) is 5.02 Å². The molecule has 1 aliphatic rings. The number of likely N-dealkylation sites (tertiary alicyclic amines) is 1. The van der Waals surface area contributed by atoms with E-state index >= 15 is 0 Å². The summed E-state index contributed by atoms with van der Waals surface area (Å²) in [6, 6.07) is 5.41. The maximum Gasteiger partial charge on any atom is 0.253 e. The lowest BCUT2D eigenvalue weighted by Gasteiger charge is -2.25. The highest BCUT2D eigenvalue weighted by Gasteiger charge is 2.17. The summed E-state index contributed by atoms with van der Waals surface area (Å²) in [4.78, 5) is 14.3. The van der Waals surface area contributed by atoms with Crippen LogP contribution in [0.5, 0.6) is 0 Å². The zero-order chi connectivity index (χ0) is 13.0. The first-order valence-corrected chi connectivity index (χ1v) is 7.60. The minimum Gasteiger partial charge on any atom is -0.339 e. The average Bonchev–Trinajstić information content (AvgIpc) is 2.31. The molecule has 0 spiro atoms. The van der Waals surface area contributed by atoms with Crippen LogP contribution in [0.3, 0.4) is 0 Å². The van der Waals surface area contributed by atoms with E-state index < -0.39 is 0 Å². The first-order chi connectivity index (χ1) is 8.68. The van der Waals surface area contributed by atoms with Crippen LogP contribution in [0.1, 0.15) is 42.5 Å². The monoisotopic (exact) mass is 329 g/mol. The average molecular weight is 331 g/mol. The summed E-state index contributed by atoms with van der Waals surface area (Å²) in [5.74, 6) is 0.103. The fraction of sp³-hybridized carbons (Fsp3) is 0.500. The fourth-order valence-electron chi connectivity index (χ4n) is 2.26. The lowest BCUT2D eigenvalue weighted by molar-refractivity contribution is 0.0742. The highest BCUT2D eigenvalue weighted by Crippen LogP contribution is 2.24. The number of carbonyl (C=O) groups excluding carboxylic acids is 1. The Morgan fingerprint density at radius 2 is 1.72 bits per heavy atom. The molecule has 1 saturated heterocycles. The molecule has 1 aliphatic heterocycles. The van der Waals surface area contributed by atoms with Crippen LogP contribution in [0, 0.1) is 0 Å². The molecule has 98 valence electrons. The van der Waals surface area contributed by atoms with Gasteiger partial charge in [-0.25, -0.2) is 0 Å². The van der Waals surface area contributed by atoms with Crippen LogP contribution in [-0.2, 0) is 0 Å². The van der Waals surface area contributed by atoms with Gasteiger partial charge < -0.3 is 4.90 Å². The molecule has 1 amide bonds. The summed E-state index contributed by atoms with van der Waals surface area (Å²) in [5, 5.41) is 0.591. The minimum atomic E-state index is 0.103. The Kier molecular flexibility index (Phi) is 5.07. The molecule has 18 heavy (non-hydrogen) atoms. The van der Waals surface area contributed by atoms with Crippen LogP contribution < -0.4 is 0 Å². The van der Waals surface area contributed by atoms with Gasteiger partial charge in [-0.2, -0.15) is 0 Å². The van der Waals surface area contributed by atoms with E-state index in [4.69, 9.17) is 11.6 Å². The minimum absolute atomic E-state index is 0.103. The normalized spacial score (nSPS) is 17.1. The second-order valence-corrected chi connectivity index (χ2v) is 5.95. The van der Waals surface area contributed by atoms with Crippen LogP contribution in [0.2, 0.25) is 5.02 Å². The van der Waals surface area contributed by atoms with E-state index in [0.717, 1.165) is 30.4 Å². The maximum absolute atomic E-state index is 12.4. The van der Waals surface area contributed by atoms with E-state index in [1.54, 1.807) is 6.07 Å². The number of carbonyl (C=O) groups is 1. The number of hydrogen-bond donors (Lipinski definition) is 0. The Hall–Kier alpha value is -0.540. The zero-order valence-electron chi connectivity index (χ0n) is 10.3. The van der Waals surface area contributed by atoms with E-state index in [0.29, 0.717) is 10.6 Å². The Bertz CT molecular complexity index is 428. The molecule has 2 nitrogen and oxygen atoms in total. The summed E-state index contributed by atoms with van der Waals surface area (Å²) >= 11 is 9.38. The number of halogens is 2. The molecule has 0 aliphatic carbocycles. The van der Waals surface area contributed by atoms with Gasteiger partial charge in [-0.05, 0) is 47.0 Å². The number of hydrogen-bond acceptors (Lipinski definition) is 1. The SMILES string of the molecule is O=C(c1ccc(Br)c(Cl)c1)N1CCCCCCC1. The molecule has 0 unspecified atom stereocenters. The Labute approximate surface area is 121 Å². The Morgan fingerprint density at radius 1 is 1.11 bits per heavy atom. The third-order valence-electron chi connectivity index (χ3n) is 3.31. The van der Waals surface area contributed by atoms with Crippen molar-refractivity contribution in [2.75, 3.05) is 13.1 Å². The predicted octanol–water partition coefficient (Wildman–Crippen LogP) is 4.51. The molecule has 0 radical (unpaired) electrons. The summed E-state index contributed by atoms with van der Waals surface area (Å²) in [7, 11) is 0. The van der Waals surface area contributed by atoms with Crippen molar-refractivity contribution in [3.8, 4) is 0 Å². The Balaban J connectivity index is 2.10. The van der Waals surface area contributed by atoms with Crippen molar-refractivity contribution < 1.29 is 4.79 Å². The largest absolute Gasteiger partial charge is 0.339 e. The lowest BCUT2D eigenvalue weighted by atomic mass is 10.1. The molecule has 4 heteroatoms. The van der Waals surface area contributed by atoms with Crippen molar-refractivity contribution in [3.63, 3.8) is 0 Å². The quantitative estimate of drug-likeness (QED) is 0.742. The molecule has 0 N–H and O–H groups in total. The molecule has 1 fully saturated rings. The van der Waals surface area contributed by atoms with Gasteiger partial charge in [0.15, 0.2) is 0 Å². The first kappa shape index (κ1) is 13.9. The van der Waals surface area contributed by atoms with E-state index in [1.165, 1.54) is 19.3 Å². The van der Waals surface area contributed by atoms with Gasteiger partial charge in [0.25, 0.3) is 5.91 Å². The molecule has 0 bridgehead atoms. The zero-order valence-corrected chi connectivity index (χ0v) is 12.6. The van der Waals surface area contributed by atoms with Crippen molar-refractivity contribution in [2.45, 2.75) is 32.1 Å². The Morgan fingerprint density at radius 3 is 2.33 bits per heavy atom. The van der Waals surface area contributed by atoms with Crippen LogP contribution >= 0.6 is 27.5 Å². The van der Waals surface area contributed by atoms with Gasteiger partial charge in [0, 0.05) is 23.1 Å². The van der Waals surface area contributed by atoms with Crippen molar-refractivity contribution in [2.24, 2.45) is 0 Å². The standard InChI is InChI=1S/C14H17BrClNO/c15-12-7-6-11(10-13(12)16)14(18)17-8-4-2-1-3-5-9-17/h6-7,10H,1-5,8-9H2. The number of nitrogens with zero attached hydrogens (tertiary/aromatic N) is 1. The molecule has 0 saturated carbocycles. The summed E-state index contributed by atoms with van der Waals surface area (Å²) < 4.78 is 0.827. The van der Waals surface area contributed by atoms with Crippen LogP contribution in [0.4, 0.5) is 0 Å². The highest BCUT2D eigenvalue weighted by molar-refractivity contribution is 9.10. The van der Waals surface area contributed by atoms with E-state index in [2.05, 4.69) is 15.9 Å². The molecule has 1 aromatic carbocycles.